The van der Waals surface area contributed by atoms with Crippen LogP contribution in [0.2, 0.25) is 0 Å². The number of aromatic nitrogens is 1. The van der Waals surface area contributed by atoms with Crippen LogP contribution in [0.25, 0.3) is 0 Å². The predicted octanol–water partition coefficient (Wildman–Crippen LogP) is 0.817. The van der Waals surface area contributed by atoms with Gasteiger partial charge in [0.15, 0.2) is 5.13 Å². The van der Waals surface area contributed by atoms with Crippen molar-refractivity contribution in [2.45, 2.75) is 6.92 Å². The van der Waals surface area contributed by atoms with Crippen LogP contribution in [0.1, 0.15) is 15.4 Å². The van der Waals surface area contributed by atoms with E-state index in [1.165, 1.54) is 7.11 Å². The topological polar surface area (TPSA) is 106 Å². The van der Waals surface area contributed by atoms with Crippen LogP contribution >= 0.6 is 11.3 Å². The smallest absolute Gasteiger partial charge is 0.350 e. The number of ether oxygens (including phenoxy) is 1. The Balaban J connectivity index is 2.78. The highest BCUT2D eigenvalue weighted by Gasteiger charge is 2.16. The number of nitrogens with one attached hydrogen (secondary N) is 1. The van der Waals surface area contributed by atoms with Gasteiger partial charge < -0.3 is 9.84 Å². The van der Waals surface area contributed by atoms with E-state index in [0.717, 1.165) is 17.4 Å². The van der Waals surface area contributed by atoms with Crippen LogP contribution in [0.5, 0.6) is 0 Å². The number of esters is 1. The molecule has 1 aromatic heterocycles. The number of nitrogens with zero attached hydrogens (tertiary/aromatic N) is 1. The van der Waals surface area contributed by atoms with Gasteiger partial charge in [-0.15, -0.1) is 0 Å². The van der Waals surface area contributed by atoms with Crippen molar-refractivity contribution in [3.05, 3.63) is 22.7 Å². The standard InChI is InChI=1S/C10H10N2O5S/c1-5-8(9(16)17-2)18-10(11-5)12-6(13)3-4-7(14)15/h3-4H,1-2H3,(H,14,15)(H,11,12,13). The minimum atomic E-state index is -1.23. The fourth-order valence-electron chi connectivity index (χ4n) is 1.03. The number of hydrogen-bond acceptors (Lipinski definition) is 6. The van der Waals surface area contributed by atoms with Crippen molar-refractivity contribution in [1.82, 2.24) is 4.98 Å². The average Bonchev–Trinajstić information content (AvgIpc) is 2.66. The Morgan fingerprint density at radius 1 is 1.39 bits per heavy atom. The van der Waals surface area contributed by atoms with Gasteiger partial charge in [0.1, 0.15) is 4.88 Å². The summed E-state index contributed by atoms with van der Waals surface area (Å²) in [7, 11) is 1.25. The van der Waals surface area contributed by atoms with E-state index < -0.39 is 17.8 Å². The minimum Gasteiger partial charge on any atom is -0.478 e. The average molecular weight is 270 g/mol. The molecule has 1 aromatic rings. The highest BCUT2D eigenvalue weighted by atomic mass is 32.1. The molecule has 0 bridgehead atoms. The highest BCUT2D eigenvalue weighted by molar-refractivity contribution is 7.17. The molecule has 2 N–H and O–H groups in total. The summed E-state index contributed by atoms with van der Waals surface area (Å²) in [5.41, 5.74) is 0.435. The molecule has 8 heteroatoms. The third-order valence-electron chi connectivity index (χ3n) is 1.77. The van der Waals surface area contributed by atoms with Crippen LogP contribution < -0.4 is 5.32 Å². The van der Waals surface area contributed by atoms with Gasteiger partial charge in [0.25, 0.3) is 0 Å². The maximum atomic E-state index is 11.3. The Bertz CT molecular complexity index is 520. The Kier molecular flexibility index (Phi) is 4.55. The van der Waals surface area contributed by atoms with E-state index in [1.807, 2.05) is 0 Å². The largest absolute Gasteiger partial charge is 0.478 e. The van der Waals surface area contributed by atoms with Gasteiger partial charge in [-0.1, -0.05) is 11.3 Å². The molecule has 0 spiro atoms. The number of carboxylic acid groups (broad SMARTS) is 1. The highest BCUT2D eigenvalue weighted by Crippen LogP contribution is 2.23. The van der Waals surface area contributed by atoms with Gasteiger partial charge in [0, 0.05) is 12.2 Å². The molecule has 1 heterocycles. The molecule has 0 unspecified atom stereocenters. The minimum absolute atomic E-state index is 0.202. The second-order valence-corrected chi connectivity index (χ2v) is 4.09. The van der Waals surface area contributed by atoms with Gasteiger partial charge in [-0.2, -0.15) is 0 Å². The van der Waals surface area contributed by atoms with Crippen molar-refractivity contribution < 1.29 is 24.2 Å². The number of carbonyl (C=O) groups is 3. The summed E-state index contributed by atoms with van der Waals surface area (Å²) < 4.78 is 4.54. The fraction of sp³-hybridized carbons (Fsp3) is 0.200. The SMILES string of the molecule is COC(=O)c1sc(NC(=O)C=CC(=O)O)nc1C. The van der Waals surface area contributed by atoms with E-state index in [-0.39, 0.29) is 10.0 Å². The summed E-state index contributed by atoms with van der Waals surface area (Å²) in [4.78, 5) is 37.0. The van der Waals surface area contributed by atoms with Gasteiger partial charge in [-0.25, -0.2) is 14.6 Å². The molecule has 18 heavy (non-hydrogen) atoms. The summed E-state index contributed by atoms with van der Waals surface area (Å²) in [6.45, 7) is 1.60. The third-order valence-corrected chi connectivity index (χ3v) is 2.83. The second kappa shape index (κ2) is 5.92. The van der Waals surface area contributed by atoms with Crippen LogP contribution in [0.4, 0.5) is 5.13 Å². The first-order valence-corrected chi connectivity index (χ1v) is 5.53. The van der Waals surface area contributed by atoms with Crippen LogP contribution in [-0.2, 0) is 14.3 Å². The second-order valence-electron chi connectivity index (χ2n) is 3.09. The normalized spacial score (nSPS) is 10.3. The fourth-order valence-corrected chi connectivity index (χ4v) is 1.91. The molecule has 1 amide bonds. The number of aryl methyl sites for hydroxylation is 1. The van der Waals surface area contributed by atoms with Crippen LogP contribution in [-0.4, -0.2) is 35.0 Å². The predicted molar refractivity (Wildman–Crippen MR) is 63.6 cm³/mol. The van der Waals surface area contributed by atoms with Gasteiger partial charge in [-0.3, -0.25) is 10.1 Å². The summed E-state index contributed by atoms with van der Waals surface area (Å²) in [5, 5.41) is 10.9. The lowest BCUT2D eigenvalue weighted by Gasteiger charge is -1.94. The van der Waals surface area contributed by atoms with E-state index in [1.54, 1.807) is 6.92 Å². The number of hydrogen-bond donors (Lipinski definition) is 2. The van der Waals surface area contributed by atoms with Crippen molar-refractivity contribution in [2.75, 3.05) is 12.4 Å². The molecule has 1 rings (SSSR count). The number of thiazole rings is 1. The lowest BCUT2D eigenvalue weighted by atomic mass is 10.4. The molecule has 0 aliphatic rings. The number of carboxylic acids is 1. The van der Waals surface area contributed by atoms with E-state index in [0.29, 0.717) is 11.8 Å². The van der Waals surface area contributed by atoms with E-state index in [9.17, 15) is 14.4 Å². The molecule has 0 radical (unpaired) electrons. The molecule has 0 aromatic carbocycles. The molecule has 0 saturated heterocycles. The first kappa shape index (κ1) is 13.8. The summed E-state index contributed by atoms with van der Waals surface area (Å²) in [6, 6.07) is 0. The summed E-state index contributed by atoms with van der Waals surface area (Å²) >= 11 is 0.956. The Morgan fingerprint density at radius 3 is 2.61 bits per heavy atom. The van der Waals surface area contributed by atoms with Crippen molar-refractivity contribution in [3.8, 4) is 0 Å². The maximum absolute atomic E-state index is 11.3. The van der Waals surface area contributed by atoms with E-state index >= 15 is 0 Å². The first-order valence-electron chi connectivity index (χ1n) is 4.71. The molecule has 0 saturated carbocycles. The Morgan fingerprint density at radius 2 is 2.06 bits per heavy atom. The molecular formula is C10H10N2O5S. The Hall–Kier alpha value is -2.22. The lowest BCUT2D eigenvalue weighted by Crippen LogP contribution is -2.08. The van der Waals surface area contributed by atoms with Crippen LogP contribution in [0.15, 0.2) is 12.2 Å². The van der Waals surface area contributed by atoms with Crippen LogP contribution in [0, 0.1) is 6.92 Å². The van der Waals surface area contributed by atoms with Crippen molar-refractivity contribution >= 4 is 34.3 Å². The zero-order valence-electron chi connectivity index (χ0n) is 9.59. The van der Waals surface area contributed by atoms with Gasteiger partial charge >= 0.3 is 11.9 Å². The number of rotatable bonds is 4. The number of carbonyl (C=O) groups excluding carboxylic acids is 2. The number of methoxy groups -OCH3 is 1. The van der Waals surface area contributed by atoms with E-state index in [2.05, 4.69) is 15.0 Å². The van der Waals surface area contributed by atoms with Crippen molar-refractivity contribution in [1.29, 1.82) is 0 Å². The quantitative estimate of drug-likeness (QED) is 0.619. The van der Waals surface area contributed by atoms with Crippen LogP contribution in [0.3, 0.4) is 0 Å². The zero-order valence-corrected chi connectivity index (χ0v) is 10.4. The van der Waals surface area contributed by atoms with Crippen molar-refractivity contribution in [3.63, 3.8) is 0 Å². The number of aliphatic carboxylic acids is 1. The summed E-state index contributed by atoms with van der Waals surface area (Å²) in [5.74, 6) is -2.40. The maximum Gasteiger partial charge on any atom is 0.350 e. The van der Waals surface area contributed by atoms with Gasteiger partial charge in [-0.05, 0) is 6.92 Å². The summed E-state index contributed by atoms with van der Waals surface area (Å²) in [6.07, 6.45) is 1.56. The van der Waals surface area contributed by atoms with Crippen molar-refractivity contribution in [2.24, 2.45) is 0 Å². The van der Waals surface area contributed by atoms with Gasteiger partial charge in [0.2, 0.25) is 5.91 Å². The Labute approximate surface area is 106 Å². The zero-order chi connectivity index (χ0) is 13.7. The molecular weight excluding hydrogens is 260 g/mol. The third kappa shape index (κ3) is 3.67. The molecule has 0 aliphatic carbocycles. The number of amides is 1. The lowest BCUT2D eigenvalue weighted by molar-refractivity contribution is -0.131. The molecule has 96 valence electrons. The van der Waals surface area contributed by atoms with E-state index in [4.69, 9.17) is 5.11 Å². The molecule has 7 nitrogen and oxygen atoms in total. The monoisotopic (exact) mass is 270 g/mol. The number of anilines is 1. The molecule has 0 fully saturated rings. The first-order chi connectivity index (χ1) is 8.43. The molecule has 0 atom stereocenters. The molecule has 0 aliphatic heterocycles. The van der Waals surface area contributed by atoms with Gasteiger partial charge in [0.05, 0.1) is 12.8 Å².